The molecule has 2 aliphatic heterocycles. The van der Waals surface area contributed by atoms with E-state index in [1.54, 1.807) is 0 Å². The number of rotatable bonds is 3. The van der Waals surface area contributed by atoms with Gasteiger partial charge in [0, 0.05) is 19.1 Å². The number of hydrogen-bond acceptors (Lipinski definition) is 3. The molecule has 4 nitrogen and oxygen atoms in total. The Labute approximate surface area is 129 Å². The second kappa shape index (κ2) is 9.81. The van der Waals surface area contributed by atoms with Crippen molar-refractivity contribution < 1.29 is 4.79 Å². The van der Waals surface area contributed by atoms with Crippen molar-refractivity contribution in [3.05, 3.63) is 0 Å². The zero-order valence-electron chi connectivity index (χ0n) is 11.8. The van der Waals surface area contributed by atoms with Crippen LogP contribution in [0.25, 0.3) is 0 Å². The van der Waals surface area contributed by atoms with Crippen LogP contribution in [0.1, 0.15) is 32.1 Å². The predicted molar refractivity (Wildman–Crippen MR) is 83.4 cm³/mol. The standard InChI is InChI=1S/C13H25N3O.2ClH/c1-14-11-13(17)16-9-5-12(6-10-16)15-7-3-2-4-8-15;;/h12,14H,2-11H2,1H3;2*1H. The largest absolute Gasteiger partial charge is 0.341 e. The molecule has 6 heteroatoms. The maximum atomic E-state index is 11.7. The Balaban J connectivity index is 0.00000162. The van der Waals surface area contributed by atoms with Crippen LogP contribution in [-0.4, -0.2) is 61.5 Å². The van der Waals surface area contributed by atoms with E-state index < -0.39 is 0 Å². The molecule has 114 valence electrons. The van der Waals surface area contributed by atoms with Crippen molar-refractivity contribution in [1.82, 2.24) is 15.1 Å². The van der Waals surface area contributed by atoms with E-state index in [4.69, 9.17) is 0 Å². The Hall–Kier alpha value is -0.0300. The zero-order valence-corrected chi connectivity index (χ0v) is 13.4. The topological polar surface area (TPSA) is 35.6 Å². The van der Waals surface area contributed by atoms with E-state index >= 15 is 0 Å². The van der Waals surface area contributed by atoms with E-state index in [9.17, 15) is 4.79 Å². The molecule has 0 spiro atoms. The molecule has 0 saturated carbocycles. The number of carbonyl (C=O) groups excluding carboxylic acids is 1. The van der Waals surface area contributed by atoms with E-state index in [0.29, 0.717) is 6.54 Å². The number of nitrogens with one attached hydrogen (secondary N) is 1. The van der Waals surface area contributed by atoms with Gasteiger partial charge in [-0.1, -0.05) is 6.42 Å². The molecule has 1 amide bonds. The molecule has 0 aromatic carbocycles. The van der Waals surface area contributed by atoms with Gasteiger partial charge in [-0.05, 0) is 45.8 Å². The van der Waals surface area contributed by atoms with Gasteiger partial charge in [0.25, 0.3) is 0 Å². The second-order valence-corrected chi connectivity index (χ2v) is 5.24. The fourth-order valence-electron chi connectivity index (χ4n) is 3.03. The highest BCUT2D eigenvalue weighted by molar-refractivity contribution is 5.85. The summed E-state index contributed by atoms with van der Waals surface area (Å²) >= 11 is 0. The predicted octanol–water partition coefficient (Wildman–Crippen LogP) is 1.53. The summed E-state index contributed by atoms with van der Waals surface area (Å²) in [5.41, 5.74) is 0. The lowest BCUT2D eigenvalue weighted by Crippen LogP contribution is -2.49. The summed E-state index contributed by atoms with van der Waals surface area (Å²) in [5, 5.41) is 2.94. The molecule has 2 aliphatic rings. The van der Waals surface area contributed by atoms with Crippen LogP contribution in [-0.2, 0) is 4.79 Å². The van der Waals surface area contributed by atoms with Gasteiger partial charge in [0.1, 0.15) is 0 Å². The Morgan fingerprint density at radius 3 is 2.16 bits per heavy atom. The van der Waals surface area contributed by atoms with Crippen LogP contribution in [0.15, 0.2) is 0 Å². The van der Waals surface area contributed by atoms with E-state index in [1.165, 1.54) is 32.4 Å². The van der Waals surface area contributed by atoms with Gasteiger partial charge < -0.3 is 15.1 Å². The van der Waals surface area contributed by atoms with Crippen LogP contribution in [0.2, 0.25) is 0 Å². The lowest BCUT2D eigenvalue weighted by atomic mass is 10.00. The summed E-state index contributed by atoms with van der Waals surface area (Å²) in [6.45, 7) is 4.92. The monoisotopic (exact) mass is 311 g/mol. The third-order valence-corrected chi connectivity index (χ3v) is 4.05. The van der Waals surface area contributed by atoms with Crippen molar-refractivity contribution in [3.8, 4) is 0 Å². The fourth-order valence-corrected chi connectivity index (χ4v) is 3.03. The Kier molecular flexibility index (Phi) is 9.79. The second-order valence-electron chi connectivity index (χ2n) is 5.24. The Bertz CT molecular complexity index is 252. The minimum atomic E-state index is 0. The molecule has 0 aromatic rings. The summed E-state index contributed by atoms with van der Waals surface area (Å²) in [6.07, 6.45) is 6.44. The Morgan fingerprint density at radius 2 is 1.63 bits per heavy atom. The van der Waals surface area contributed by atoms with E-state index in [2.05, 4.69) is 10.2 Å². The number of hydrogen-bond donors (Lipinski definition) is 1. The van der Waals surface area contributed by atoms with Gasteiger partial charge in [-0.15, -0.1) is 24.8 Å². The van der Waals surface area contributed by atoms with Crippen LogP contribution < -0.4 is 5.32 Å². The number of likely N-dealkylation sites (tertiary alicyclic amines) is 2. The highest BCUT2D eigenvalue weighted by Crippen LogP contribution is 2.20. The van der Waals surface area contributed by atoms with Gasteiger partial charge >= 0.3 is 0 Å². The van der Waals surface area contributed by atoms with Gasteiger partial charge in [0.2, 0.25) is 5.91 Å². The van der Waals surface area contributed by atoms with E-state index in [0.717, 1.165) is 32.0 Å². The minimum absolute atomic E-state index is 0. The van der Waals surface area contributed by atoms with Crippen molar-refractivity contribution in [2.75, 3.05) is 39.8 Å². The molecule has 2 rings (SSSR count). The molecule has 1 N–H and O–H groups in total. The van der Waals surface area contributed by atoms with Crippen molar-refractivity contribution in [1.29, 1.82) is 0 Å². The third kappa shape index (κ3) is 5.46. The van der Waals surface area contributed by atoms with E-state index in [1.807, 2.05) is 11.9 Å². The average Bonchev–Trinajstić information content (AvgIpc) is 2.40. The van der Waals surface area contributed by atoms with Gasteiger partial charge in [-0.2, -0.15) is 0 Å². The lowest BCUT2D eigenvalue weighted by Gasteiger charge is -2.40. The van der Waals surface area contributed by atoms with Crippen LogP contribution in [0.3, 0.4) is 0 Å². The van der Waals surface area contributed by atoms with Gasteiger partial charge in [-0.25, -0.2) is 0 Å². The summed E-state index contributed by atoms with van der Waals surface area (Å²) in [7, 11) is 1.83. The van der Waals surface area contributed by atoms with Crippen LogP contribution in [0.5, 0.6) is 0 Å². The molecule has 2 fully saturated rings. The maximum absolute atomic E-state index is 11.7. The van der Waals surface area contributed by atoms with Crippen molar-refractivity contribution in [2.45, 2.75) is 38.1 Å². The number of halogens is 2. The van der Waals surface area contributed by atoms with Crippen LogP contribution >= 0.6 is 24.8 Å². The number of amides is 1. The molecule has 0 aromatic heterocycles. The molecule has 0 radical (unpaired) electrons. The van der Waals surface area contributed by atoms with Gasteiger partial charge in [0.05, 0.1) is 6.54 Å². The maximum Gasteiger partial charge on any atom is 0.236 e. The Morgan fingerprint density at radius 1 is 1.05 bits per heavy atom. The molecule has 2 saturated heterocycles. The average molecular weight is 312 g/mol. The van der Waals surface area contributed by atoms with Crippen molar-refractivity contribution in [2.24, 2.45) is 0 Å². The summed E-state index contributed by atoms with van der Waals surface area (Å²) in [5.74, 6) is 0.254. The minimum Gasteiger partial charge on any atom is -0.341 e. The fraction of sp³-hybridized carbons (Fsp3) is 0.923. The van der Waals surface area contributed by atoms with Gasteiger partial charge in [0.15, 0.2) is 0 Å². The first kappa shape index (κ1) is 19.0. The van der Waals surface area contributed by atoms with E-state index in [-0.39, 0.29) is 30.7 Å². The lowest BCUT2D eigenvalue weighted by molar-refractivity contribution is -0.131. The summed E-state index contributed by atoms with van der Waals surface area (Å²) in [6, 6.07) is 0.730. The summed E-state index contributed by atoms with van der Waals surface area (Å²) in [4.78, 5) is 16.4. The summed E-state index contributed by atoms with van der Waals surface area (Å²) < 4.78 is 0. The molecular weight excluding hydrogens is 285 g/mol. The molecular formula is C13H27Cl2N3O. The number of likely N-dealkylation sites (N-methyl/N-ethyl adjacent to an activating group) is 1. The first-order chi connectivity index (χ1) is 8.31. The number of carbonyl (C=O) groups is 1. The first-order valence-corrected chi connectivity index (χ1v) is 6.97. The van der Waals surface area contributed by atoms with Gasteiger partial charge in [-0.3, -0.25) is 4.79 Å². The normalized spacial score (nSPS) is 21.4. The molecule has 0 unspecified atom stereocenters. The van der Waals surface area contributed by atoms with Crippen molar-refractivity contribution >= 4 is 30.7 Å². The molecule has 2 heterocycles. The smallest absolute Gasteiger partial charge is 0.236 e. The third-order valence-electron chi connectivity index (χ3n) is 4.05. The van der Waals surface area contributed by atoms with Crippen LogP contribution in [0, 0.1) is 0 Å². The first-order valence-electron chi connectivity index (χ1n) is 6.97. The highest BCUT2D eigenvalue weighted by atomic mass is 35.5. The molecule has 19 heavy (non-hydrogen) atoms. The molecule has 0 atom stereocenters. The quantitative estimate of drug-likeness (QED) is 0.858. The SMILES string of the molecule is CNCC(=O)N1CCC(N2CCCCC2)CC1.Cl.Cl. The number of piperidine rings is 2. The zero-order chi connectivity index (χ0) is 12.1. The van der Waals surface area contributed by atoms with Crippen molar-refractivity contribution in [3.63, 3.8) is 0 Å². The molecule has 0 aliphatic carbocycles. The number of nitrogens with zero attached hydrogens (tertiary/aromatic N) is 2. The molecule has 0 bridgehead atoms. The van der Waals surface area contributed by atoms with Crippen LogP contribution in [0.4, 0.5) is 0 Å². The highest BCUT2D eigenvalue weighted by Gasteiger charge is 2.26.